The van der Waals surface area contributed by atoms with Crippen LogP contribution in [0.1, 0.15) is 12.0 Å². The summed E-state index contributed by atoms with van der Waals surface area (Å²) in [6.45, 7) is 0.861. The highest BCUT2D eigenvalue weighted by Gasteiger charge is 2.34. The Bertz CT molecular complexity index is 767. The van der Waals surface area contributed by atoms with E-state index in [0.29, 0.717) is 18.8 Å². The number of hydrogen-bond acceptors (Lipinski definition) is 2. The van der Waals surface area contributed by atoms with Crippen molar-refractivity contribution in [2.45, 2.75) is 13.0 Å². The quantitative estimate of drug-likeness (QED) is 0.921. The minimum atomic E-state index is -0.542. The Morgan fingerprint density at radius 1 is 1.25 bits per heavy atom. The van der Waals surface area contributed by atoms with E-state index in [1.165, 1.54) is 18.2 Å². The Morgan fingerprint density at radius 3 is 2.71 bits per heavy atom. The molecule has 4 nitrogen and oxygen atoms in total. The van der Waals surface area contributed by atoms with Crippen molar-refractivity contribution in [1.29, 1.82) is 0 Å². The van der Waals surface area contributed by atoms with Gasteiger partial charge in [-0.25, -0.2) is 4.39 Å². The number of amides is 2. The van der Waals surface area contributed by atoms with Gasteiger partial charge >= 0.3 is 0 Å². The zero-order chi connectivity index (χ0) is 17.1. The lowest BCUT2D eigenvalue weighted by Gasteiger charge is -2.16. The molecule has 1 aliphatic rings. The van der Waals surface area contributed by atoms with Gasteiger partial charge in [0.1, 0.15) is 5.82 Å². The third-order valence-corrected chi connectivity index (χ3v) is 4.28. The third-order valence-electron chi connectivity index (χ3n) is 3.99. The molecule has 0 bridgehead atoms. The number of benzene rings is 2. The van der Waals surface area contributed by atoms with Crippen LogP contribution >= 0.6 is 11.6 Å². The Morgan fingerprint density at radius 2 is 2.00 bits per heavy atom. The van der Waals surface area contributed by atoms with Crippen molar-refractivity contribution >= 4 is 29.1 Å². The molecule has 124 valence electrons. The first-order valence-corrected chi connectivity index (χ1v) is 7.98. The number of halogens is 2. The second-order valence-corrected chi connectivity index (χ2v) is 6.19. The van der Waals surface area contributed by atoms with E-state index in [2.05, 4.69) is 5.32 Å². The fraction of sp³-hybridized carbons (Fsp3) is 0.222. The molecule has 0 saturated carbocycles. The van der Waals surface area contributed by atoms with Crippen LogP contribution in [-0.2, 0) is 16.1 Å². The third kappa shape index (κ3) is 3.74. The first-order chi connectivity index (χ1) is 11.5. The van der Waals surface area contributed by atoms with E-state index >= 15 is 0 Å². The normalized spacial score (nSPS) is 17.2. The van der Waals surface area contributed by atoms with Crippen LogP contribution in [0.4, 0.5) is 10.1 Å². The van der Waals surface area contributed by atoms with Crippen molar-refractivity contribution in [1.82, 2.24) is 4.90 Å². The van der Waals surface area contributed by atoms with Crippen LogP contribution in [0.2, 0.25) is 5.02 Å². The first kappa shape index (κ1) is 16.5. The number of nitrogens with zero attached hydrogens (tertiary/aromatic N) is 1. The zero-order valence-electron chi connectivity index (χ0n) is 12.8. The average Bonchev–Trinajstić information content (AvgIpc) is 2.93. The molecule has 2 aromatic rings. The molecule has 0 spiro atoms. The molecule has 0 aliphatic carbocycles. The standard InChI is InChI=1S/C18H16ClFN2O2/c19-15-9-14(6-7-16(15)20)21-18(24)13-8-17(23)22(11-13)10-12-4-2-1-3-5-12/h1-7,9,13H,8,10-11H2,(H,21,24)/t13-/m1/s1. The van der Waals surface area contributed by atoms with Crippen molar-refractivity contribution in [3.8, 4) is 0 Å². The fourth-order valence-corrected chi connectivity index (χ4v) is 2.90. The summed E-state index contributed by atoms with van der Waals surface area (Å²) < 4.78 is 13.2. The van der Waals surface area contributed by atoms with Gasteiger partial charge in [-0.15, -0.1) is 0 Å². The zero-order valence-corrected chi connectivity index (χ0v) is 13.6. The highest BCUT2D eigenvalue weighted by Crippen LogP contribution is 2.24. The highest BCUT2D eigenvalue weighted by atomic mass is 35.5. The molecule has 2 aromatic carbocycles. The molecule has 3 rings (SSSR count). The molecule has 0 aromatic heterocycles. The summed E-state index contributed by atoms with van der Waals surface area (Å²) in [4.78, 5) is 26.1. The van der Waals surface area contributed by atoms with Crippen LogP contribution in [0.5, 0.6) is 0 Å². The number of carbonyl (C=O) groups excluding carboxylic acids is 2. The van der Waals surface area contributed by atoms with Gasteiger partial charge in [0.2, 0.25) is 11.8 Å². The molecule has 1 atom stereocenters. The topological polar surface area (TPSA) is 49.4 Å². The SMILES string of the molecule is O=C(Nc1ccc(F)c(Cl)c1)[C@@H]1CC(=O)N(Cc2ccccc2)C1. The maximum atomic E-state index is 13.2. The van der Waals surface area contributed by atoms with E-state index in [9.17, 15) is 14.0 Å². The summed E-state index contributed by atoms with van der Waals surface area (Å²) in [6.07, 6.45) is 0.174. The minimum Gasteiger partial charge on any atom is -0.338 e. The van der Waals surface area contributed by atoms with Crippen LogP contribution < -0.4 is 5.32 Å². The molecule has 1 saturated heterocycles. The summed E-state index contributed by atoms with van der Waals surface area (Å²) in [6, 6.07) is 13.6. The molecule has 0 radical (unpaired) electrons. The summed E-state index contributed by atoms with van der Waals surface area (Å²) in [5, 5.41) is 2.63. The number of carbonyl (C=O) groups is 2. The minimum absolute atomic E-state index is 0.0452. The lowest BCUT2D eigenvalue weighted by molar-refractivity contribution is -0.128. The van der Waals surface area contributed by atoms with Crippen molar-refractivity contribution in [2.24, 2.45) is 5.92 Å². The molecule has 1 aliphatic heterocycles. The summed E-state index contributed by atoms with van der Waals surface area (Å²) in [5.41, 5.74) is 1.44. The van der Waals surface area contributed by atoms with Gasteiger partial charge in [0.15, 0.2) is 0 Å². The van der Waals surface area contributed by atoms with E-state index in [4.69, 9.17) is 11.6 Å². The van der Waals surface area contributed by atoms with Gasteiger partial charge in [0.05, 0.1) is 10.9 Å². The number of hydrogen-bond donors (Lipinski definition) is 1. The Kier molecular flexibility index (Phi) is 4.81. The molecule has 0 unspecified atom stereocenters. The van der Waals surface area contributed by atoms with Crippen molar-refractivity contribution in [2.75, 3.05) is 11.9 Å². The van der Waals surface area contributed by atoms with E-state index in [-0.39, 0.29) is 23.3 Å². The van der Waals surface area contributed by atoms with E-state index in [1.807, 2.05) is 30.3 Å². The maximum absolute atomic E-state index is 13.2. The predicted octanol–water partition coefficient (Wildman–Crippen LogP) is 3.47. The molecule has 2 amide bonds. The van der Waals surface area contributed by atoms with Crippen molar-refractivity contribution in [3.63, 3.8) is 0 Å². The molecule has 24 heavy (non-hydrogen) atoms. The Labute approximate surface area is 144 Å². The molecule has 1 fully saturated rings. The van der Waals surface area contributed by atoms with Gasteiger partial charge in [0.25, 0.3) is 0 Å². The molecule has 1 heterocycles. The van der Waals surface area contributed by atoms with Crippen LogP contribution in [0.15, 0.2) is 48.5 Å². The Balaban J connectivity index is 1.62. The van der Waals surface area contributed by atoms with Crippen LogP contribution in [0.25, 0.3) is 0 Å². The van der Waals surface area contributed by atoms with Crippen LogP contribution in [-0.4, -0.2) is 23.3 Å². The fourth-order valence-electron chi connectivity index (χ4n) is 2.72. The van der Waals surface area contributed by atoms with Crippen LogP contribution in [0.3, 0.4) is 0 Å². The van der Waals surface area contributed by atoms with Gasteiger partial charge < -0.3 is 10.2 Å². The van der Waals surface area contributed by atoms with Gasteiger partial charge in [-0.1, -0.05) is 41.9 Å². The predicted molar refractivity (Wildman–Crippen MR) is 90.0 cm³/mol. The van der Waals surface area contributed by atoms with Gasteiger partial charge in [-0.05, 0) is 23.8 Å². The van der Waals surface area contributed by atoms with E-state index in [1.54, 1.807) is 4.90 Å². The lowest BCUT2D eigenvalue weighted by Crippen LogP contribution is -2.28. The second-order valence-electron chi connectivity index (χ2n) is 5.78. The first-order valence-electron chi connectivity index (χ1n) is 7.60. The smallest absolute Gasteiger partial charge is 0.229 e. The van der Waals surface area contributed by atoms with Gasteiger partial charge in [-0.3, -0.25) is 9.59 Å². The Hall–Kier alpha value is -2.40. The number of nitrogens with one attached hydrogen (secondary N) is 1. The van der Waals surface area contributed by atoms with Crippen LogP contribution in [0, 0.1) is 11.7 Å². The van der Waals surface area contributed by atoms with Crippen molar-refractivity contribution < 1.29 is 14.0 Å². The van der Waals surface area contributed by atoms with Gasteiger partial charge in [-0.2, -0.15) is 0 Å². The number of rotatable bonds is 4. The van der Waals surface area contributed by atoms with Gasteiger partial charge in [0, 0.05) is 25.2 Å². The molecule has 1 N–H and O–H groups in total. The van der Waals surface area contributed by atoms with E-state index in [0.717, 1.165) is 5.56 Å². The van der Waals surface area contributed by atoms with Crippen molar-refractivity contribution in [3.05, 3.63) is 64.9 Å². The highest BCUT2D eigenvalue weighted by molar-refractivity contribution is 6.31. The number of anilines is 1. The molecule has 6 heteroatoms. The summed E-state index contributed by atoms with van der Waals surface area (Å²) in [7, 11) is 0. The summed E-state index contributed by atoms with van der Waals surface area (Å²) in [5.74, 6) is -1.28. The summed E-state index contributed by atoms with van der Waals surface area (Å²) >= 11 is 5.70. The second kappa shape index (κ2) is 7.01. The van der Waals surface area contributed by atoms with E-state index < -0.39 is 11.7 Å². The molecular weight excluding hydrogens is 331 g/mol. The molecular formula is C18H16ClFN2O2. The monoisotopic (exact) mass is 346 g/mol. The number of likely N-dealkylation sites (tertiary alicyclic amines) is 1. The maximum Gasteiger partial charge on any atom is 0.229 e. The lowest BCUT2D eigenvalue weighted by atomic mass is 10.1. The average molecular weight is 347 g/mol. The largest absolute Gasteiger partial charge is 0.338 e.